The first-order valence-electron chi connectivity index (χ1n) is 8.53. The van der Waals surface area contributed by atoms with Crippen LogP contribution in [0.1, 0.15) is 10.4 Å². The number of anilines is 1. The number of ether oxygens (including phenoxy) is 1. The molecule has 1 heterocycles. The first-order chi connectivity index (χ1) is 14.6. The Bertz CT molecular complexity index is 1100. The van der Waals surface area contributed by atoms with Gasteiger partial charge in [0.25, 0.3) is 11.6 Å². The first-order valence-corrected chi connectivity index (χ1v) is 9.35. The lowest BCUT2D eigenvalue weighted by Gasteiger charge is -2.11. The Balaban J connectivity index is 1.75. The summed E-state index contributed by atoms with van der Waals surface area (Å²) < 4.78 is 43.3. The molecule has 0 saturated heterocycles. The maximum Gasteiger partial charge on any atom is 0.422 e. The zero-order chi connectivity index (χ0) is 22.6. The Labute approximate surface area is 177 Å². The number of aryl methyl sites for hydroxylation is 1. The highest BCUT2D eigenvalue weighted by atomic mass is 32.2. The van der Waals surface area contributed by atoms with Crippen LogP contribution in [0.15, 0.2) is 58.8 Å². The number of nitrogens with one attached hydrogen (secondary N) is 1. The van der Waals surface area contributed by atoms with Crippen molar-refractivity contribution in [3.05, 3.63) is 64.5 Å². The average Bonchev–Trinajstić information content (AvgIpc) is 3.11. The SMILES string of the molecule is Cn1cnnc1Sc1ccc(NC(=O)c2cc(OCC(F)(F)F)ccc2[N+](=O)[O-])cc1. The van der Waals surface area contributed by atoms with Crippen molar-refractivity contribution < 1.29 is 27.6 Å². The second-order valence-corrected chi connectivity index (χ2v) is 7.19. The Kier molecular flexibility index (Phi) is 6.44. The van der Waals surface area contributed by atoms with E-state index in [0.29, 0.717) is 10.8 Å². The van der Waals surface area contributed by atoms with Gasteiger partial charge >= 0.3 is 6.18 Å². The number of carbonyl (C=O) groups excluding carboxylic acids is 1. The molecule has 3 aromatic rings. The summed E-state index contributed by atoms with van der Waals surface area (Å²) in [5, 5.41) is 22.1. The average molecular weight is 453 g/mol. The molecular weight excluding hydrogens is 439 g/mol. The van der Waals surface area contributed by atoms with Gasteiger partial charge in [0.15, 0.2) is 11.8 Å². The van der Waals surface area contributed by atoms with Gasteiger partial charge in [-0.05, 0) is 48.2 Å². The lowest BCUT2D eigenvalue weighted by molar-refractivity contribution is -0.385. The van der Waals surface area contributed by atoms with E-state index in [1.165, 1.54) is 11.8 Å². The van der Waals surface area contributed by atoms with E-state index in [4.69, 9.17) is 0 Å². The minimum absolute atomic E-state index is 0.316. The summed E-state index contributed by atoms with van der Waals surface area (Å²) in [6, 6.07) is 9.37. The molecule has 0 spiro atoms. The molecule has 9 nitrogen and oxygen atoms in total. The number of hydrogen-bond acceptors (Lipinski definition) is 7. The van der Waals surface area contributed by atoms with Crippen LogP contribution in [-0.4, -0.2) is 38.4 Å². The summed E-state index contributed by atoms with van der Waals surface area (Å²) in [6.07, 6.45) is -3.04. The summed E-state index contributed by atoms with van der Waals surface area (Å²) in [6.45, 7) is -1.59. The van der Waals surface area contributed by atoms with Gasteiger partial charge in [-0.25, -0.2) is 0 Å². The molecule has 0 radical (unpaired) electrons. The molecule has 0 saturated carbocycles. The number of nitro groups is 1. The molecule has 31 heavy (non-hydrogen) atoms. The topological polar surface area (TPSA) is 112 Å². The number of hydrogen-bond donors (Lipinski definition) is 1. The third kappa shape index (κ3) is 5.94. The molecule has 1 aromatic heterocycles. The molecule has 0 aliphatic carbocycles. The predicted molar refractivity (Wildman–Crippen MR) is 104 cm³/mol. The summed E-state index contributed by atoms with van der Waals surface area (Å²) in [5.41, 5.74) is -0.656. The predicted octanol–water partition coefficient (Wildman–Crippen LogP) is 4.07. The Hall–Kier alpha value is -3.61. The van der Waals surface area contributed by atoms with E-state index >= 15 is 0 Å². The van der Waals surface area contributed by atoms with Crippen LogP contribution < -0.4 is 10.1 Å². The zero-order valence-corrected chi connectivity index (χ0v) is 16.6. The molecule has 0 bridgehead atoms. The first kappa shape index (κ1) is 22.1. The number of nitrogens with zero attached hydrogens (tertiary/aromatic N) is 4. The molecule has 1 N–H and O–H groups in total. The van der Waals surface area contributed by atoms with Crippen LogP contribution in [-0.2, 0) is 7.05 Å². The van der Waals surface area contributed by atoms with Gasteiger partial charge < -0.3 is 14.6 Å². The second-order valence-electron chi connectivity index (χ2n) is 6.14. The van der Waals surface area contributed by atoms with Crippen LogP contribution in [0.5, 0.6) is 5.75 Å². The normalized spacial score (nSPS) is 11.2. The molecule has 3 rings (SSSR count). The van der Waals surface area contributed by atoms with Gasteiger partial charge in [-0.3, -0.25) is 14.9 Å². The fourth-order valence-corrected chi connectivity index (χ4v) is 3.15. The van der Waals surface area contributed by atoms with E-state index < -0.39 is 34.9 Å². The van der Waals surface area contributed by atoms with Gasteiger partial charge in [0.2, 0.25) is 0 Å². The minimum atomic E-state index is -4.59. The fraction of sp³-hybridized carbons (Fsp3) is 0.167. The van der Waals surface area contributed by atoms with E-state index in [-0.39, 0.29) is 5.75 Å². The summed E-state index contributed by atoms with van der Waals surface area (Å²) in [7, 11) is 1.79. The highest BCUT2D eigenvalue weighted by Crippen LogP contribution is 2.28. The standard InChI is InChI=1S/C18H14F3N5O4S/c1-25-10-22-24-17(25)31-13-5-2-11(3-6-13)23-16(27)14-8-12(30-9-18(19,20)21)4-7-15(14)26(28)29/h2-8,10H,9H2,1H3,(H,23,27). The Morgan fingerprint density at radius 1 is 1.26 bits per heavy atom. The number of halogens is 3. The van der Waals surface area contributed by atoms with E-state index in [9.17, 15) is 28.1 Å². The van der Waals surface area contributed by atoms with Crippen LogP contribution in [0, 0.1) is 10.1 Å². The van der Waals surface area contributed by atoms with Crippen LogP contribution >= 0.6 is 11.8 Å². The lowest BCUT2D eigenvalue weighted by atomic mass is 10.1. The highest BCUT2D eigenvalue weighted by molar-refractivity contribution is 7.99. The summed E-state index contributed by atoms with van der Waals surface area (Å²) in [5.74, 6) is -1.18. The van der Waals surface area contributed by atoms with Gasteiger partial charge in [0.05, 0.1) is 4.92 Å². The van der Waals surface area contributed by atoms with Crippen molar-refractivity contribution in [3.8, 4) is 5.75 Å². The summed E-state index contributed by atoms with van der Waals surface area (Å²) >= 11 is 1.34. The molecule has 13 heteroatoms. The van der Waals surface area contributed by atoms with Crippen molar-refractivity contribution in [1.82, 2.24) is 14.8 Å². The highest BCUT2D eigenvalue weighted by Gasteiger charge is 2.29. The van der Waals surface area contributed by atoms with Crippen molar-refractivity contribution in [2.45, 2.75) is 16.2 Å². The van der Waals surface area contributed by atoms with Gasteiger partial charge in [-0.2, -0.15) is 13.2 Å². The number of alkyl halides is 3. The van der Waals surface area contributed by atoms with Crippen molar-refractivity contribution >= 4 is 29.0 Å². The number of carbonyl (C=O) groups is 1. The Morgan fingerprint density at radius 3 is 2.55 bits per heavy atom. The molecule has 2 aromatic carbocycles. The number of aromatic nitrogens is 3. The smallest absolute Gasteiger partial charge is 0.422 e. The quantitative estimate of drug-likeness (QED) is 0.424. The molecular formula is C18H14F3N5O4S. The maximum atomic E-state index is 12.6. The van der Waals surface area contributed by atoms with Gasteiger partial charge in [0, 0.05) is 23.7 Å². The van der Waals surface area contributed by atoms with Crippen molar-refractivity contribution in [1.29, 1.82) is 0 Å². The van der Waals surface area contributed by atoms with Crippen LogP contribution in [0.25, 0.3) is 0 Å². The van der Waals surface area contributed by atoms with Crippen LogP contribution in [0.2, 0.25) is 0 Å². The molecule has 0 atom stereocenters. The van der Waals surface area contributed by atoms with Crippen LogP contribution in [0.3, 0.4) is 0 Å². The van der Waals surface area contributed by atoms with E-state index in [1.54, 1.807) is 42.2 Å². The minimum Gasteiger partial charge on any atom is -0.484 e. The third-order valence-corrected chi connectivity index (χ3v) is 4.86. The molecule has 0 fully saturated rings. The zero-order valence-electron chi connectivity index (χ0n) is 15.8. The number of benzene rings is 2. The monoisotopic (exact) mass is 453 g/mol. The van der Waals surface area contributed by atoms with Gasteiger partial charge in [0.1, 0.15) is 17.6 Å². The molecule has 0 aliphatic heterocycles. The maximum absolute atomic E-state index is 12.6. The summed E-state index contributed by atoms with van der Waals surface area (Å²) in [4.78, 5) is 23.8. The van der Waals surface area contributed by atoms with Gasteiger partial charge in [-0.1, -0.05) is 0 Å². The van der Waals surface area contributed by atoms with Crippen molar-refractivity contribution in [2.24, 2.45) is 7.05 Å². The lowest BCUT2D eigenvalue weighted by Crippen LogP contribution is -2.20. The number of amides is 1. The molecule has 0 unspecified atom stereocenters. The molecule has 1 amide bonds. The fourth-order valence-electron chi connectivity index (χ4n) is 2.39. The third-order valence-electron chi connectivity index (χ3n) is 3.80. The van der Waals surface area contributed by atoms with Crippen LogP contribution in [0.4, 0.5) is 24.5 Å². The number of rotatable bonds is 7. The largest absolute Gasteiger partial charge is 0.484 e. The Morgan fingerprint density at radius 2 is 1.97 bits per heavy atom. The second kappa shape index (κ2) is 9.04. The van der Waals surface area contributed by atoms with E-state index in [1.807, 2.05) is 0 Å². The van der Waals surface area contributed by atoms with Gasteiger partial charge in [-0.15, -0.1) is 10.2 Å². The van der Waals surface area contributed by atoms with Crippen molar-refractivity contribution in [3.63, 3.8) is 0 Å². The van der Waals surface area contributed by atoms with Crippen molar-refractivity contribution in [2.75, 3.05) is 11.9 Å². The van der Waals surface area contributed by atoms with E-state index in [2.05, 4.69) is 20.3 Å². The molecule has 162 valence electrons. The molecule has 0 aliphatic rings. The number of nitro benzene ring substituents is 1. The van der Waals surface area contributed by atoms with E-state index in [0.717, 1.165) is 23.1 Å².